The van der Waals surface area contributed by atoms with Crippen molar-refractivity contribution in [2.45, 2.75) is 44.6 Å². The largest absolute Gasteiger partial charge is 0.467 e. The maximum atomic E-state index is 5.76. The maximum Gasteiger partial charge on any atom is 0.264 e. The van der Waals surface area contributed by atoms with E-state index in [9.17, 15) is 0 Å². The molecule has 0 aliphatic carbocycles. The van der Waals surface area contributed by atoms with Crippen molar-refractivity contribution in [2.75, 3.05) is 6.26 Å². The summed E-state index contributed by atoms with van der Waals surface area (Å²) in [6.07, 6.45) is 2.80. The molecule has 136 valence electrons. The van der Waals surface area contributed by atoms with Gasteiger partial charge in [0.05, 0.1) is 5.69 Å². The minimum absolute atomic E-state index is 0.174. The molecule has 2 heterocycles. The van der Waals surface area contributed by atoms with Crippen LogP contribution in [0.3, 0.4) is 0 Å². The van der Waals surface area contributed by atoms with Crippen LogP contribution in [-0.4, -0.2) is 26.4 Å². The van der Waals surface area contributed by atoms with Gasteiger partial charge in [-0.15, -0.1) is 11.8 Å². The van der Waals surface area contributed by atoms with Gasteiger partial charge in [0.2, 0.25) is 11.7 Å². The lowest BCUT2D eigenvalue weighted by Gasteiger charge is -2.09. The fourth-order valence-electron chi connectivity index (χ4n) is 2.33. The monoisotopic (exact) mass is 370 g/mol. The van der Waals surface area contributed by atoms with Crippen LogP contribution in [0.5, 0.6) is 5.88 Å². The van der Waals surface area contributed by atoms with Crippen molar-refractivity contribution in [1.29, 1.82) is 0 Å². The van der Waals surface area contributed by atoms with Crippen LogP contribution in [0.2, 0.25) is 0 Å². The second-order valence-corrected chi connectivity index (χ2v) is 6.96. The lowest BCUT2D eigenvalue weighted by atomic mass is 10.1. The fourth-order valence-corrected chi connectivity index (χ4v) is 2.73. The van der Waals surface area contributed by atoms with E-state index in [0.29, 0.717) is 23.5 Å². The van der Waals surface area contributed by atoms with Crippen LogP contribution in [0.15, 0.2) is 39.8 Å². The molecule has 1 aromatic carbocycles. The molecule has 0 unspecified atom stereocenters. The molecule has 0 N–H and O–H groups in total. The summed E-state index contributed by atoms with van der Waals surface area (Å²) in [4.78, 5) is 14.5. The lowest BCUT2D eigenvalue weighted by molar-refractivity contribution is 0.234. The van der Waals surface area contributed by atoms with Gasteiger partial charge in [0.15, 0.2) is 6.61 Å². The smallest absolute Gasteiger partial charge is 0.264 e. The third kappa shape index (κ3) is 4.40. The molecular weight excluding hydrogens is 348 g/mol. The van der Waals surface area contributed by atoms with E-state index in [0.717, 1.165) is 23.5 Å². The zero-order valence-electron chi connectivity index (χ0n) is 15.4. The number of hydrogen-bond donors (Lipinski definition) is 0. The van der Waals surface area contributed by atoms with Crippen LogP contribution in [-0.2, 0) is 13.0 Å². The molecule has 2 aromatic heterocycles. The summed E-state index contributed by atoms with van der Waals surface area (Å²) in [6, 6.07) is 9.89. The van der Waals surface area contributed by atoms with E-state index in [2.05, 4.69) is 34.0 Å². The number of aryl methyl sites for hydroxylation is 1. The summed E-state index contributed by atoms with van der Waals surface area (Å²) in [5, 5.41) is 4.03. The van der Waals surface area contributed by atoms with Crippen molar-refractivity contribution >= 4 is 11.8 Å². The highest BCUT2D eigenvalue weighted by Gasteiger charge is 2.12. The Bertz CT molecular complexity index is 862. The average Bonchev–Trinajstić information content (AvgIpc) is 3.15. The molecule has 0 saturated heterocycles. The van der Waals surface area contributed by atoms with Crippen molar-refractivity contribution in [1.82, 2.24) is 20.1 Å². The number of thioether (sulfide) groups is 1. The molecule has 6 nitrogen and oxygen atoms in total. The summed E-state index contributed by atoms with van der Waals surface area (Å²) in [5.74, 6) is 2.58. The molecule has 7 heteroatoms. The van der Waals surface area contributed by atoms with Crippen LogP contribution < -0.4 is 4.74 Å². The number of rotatable bonds is 7. The van der Waals surface area contributed by atoms with Crippen LogP contribution in [0, 0.1) is 0 Å². The Kier molecular flexibility index (Phi) is 5.88. The Morgan fingerprint density at radius 2 is 1.88 bits per heavy atom. The summed E-state index contributed by atoms with van der Waals surface area (Å²) < 4.78 is 11.1. The van der Waals surface area contributed by atoms with Gasteiger partial charge in [-0.25, -0.2) is 4.98 Å². The van der Waals surface area contributed by atoms with Gasteiger partial charge in [-0.2, -0.15) is 9.97 Å². The Labute approximate surface area is 157 Å². The first kappa shape index (κ1) is 18.4. The highest BCUT2D eigenvalue weighted by molar-refractivity contribution is 7.98. The molecule has 0 amide bonds. The van der Waals surface area contributed by atoms with E-state index in [1.165, 1.54) is 4.90 Å². The minimum Gasteiger partial charge on any atom is -0.467 e. The first-order valence-electron chi connectivity index (χ1n) is 8.56. The fraction of sp³-hybridized carbons (Fsp3) is 0.368. The molecule has 26 heavy (non-hydrogen) atoms. The third-order valence-corrected chi connectivity index (χ3v) is 4.58. The van der Waals surface area contributed by atoms with Crippen molar-refractivity contribution in [3.63, 3.8) is 0 Å². The van der Waals surface area contributed by atoms with E-state index >= 15 is 0 Å². The normalized spacial score (nSPS) is 11.1. The van der Waals surface area contributed by atoms with E-state index in [1.807, 2.05) is 43.5 Å². The van der Waals surface area contributed by atoms with Gasteiger partial charge >= 0.3 is 0 Å². The Hall–Kier alpha value is -2.41. The molecular formula is C19H22N4O2S. The van der Waals surface area contributed by atoms with Crippen molar-refractivity contribution in [2.24, 2.45) is 0 Å². The van der Waals surface area contributed by atoms with Crippen LogP contribution in [0.25, 0.3) is 11.4 Å². The molecule has 0 aliphatic rings. The Morgan fingerprint density at radius 3 is 2.54 bits per heavy atom. The second kappa shape index (κ2) is 8.31. The highest BCUT2D eigenvalue weighted by atomic mass is 32.2. The molecule has 0 aliphatic heterocycles. The molecule has 0 spiro atoms. The van der Waals surface area contributed by atoms with E-state index < -0.39 is 0 Å². The summed E-state index contributed by atoms with van der Waals surface area (Å²) in [7, 11) is 0. The summed E-state index contributed by atoms with van der Waals surface area (Å²) >= 11 is 1.69. The minimum atomic E-state index is 0.174. The van der Waals surface area contributed by atoms with Crippen molar-refractivity contribution in [3.8, 4) is 17.3 Å². The predicted molar refractivity (Wildman–Crippen MR) is 101 cm³/mol. The highest BCUT2D eigenvalue weighted by Crippen LogP contribution is 2.22. The zero-order valence-corrected chi connectivity index (χ0v) is 16.2. The average molecular weight is 370 g/mol. The maximum absolute atomic E-state index is 5.76. The first-order valence-corrected chi connectivity index (χ1v) is 9.79. The van der Waals surface area contributed by atoms with Gasteiger partial charge in [-0.05, 0) is 36.4 Å². The van der Waals surface area contributed by atoms with Gasteiger partial charge in [0.1, 0.15) is 5.82 Å². The Morgan fingerprint density at radius 1 is 1.12 bits per heavy atom. The number of benzene rings is 1. The van der Waals surface area contributed by atoms with Gasteiger partial charge in [-0.1, -0.05) is 25.9 Å². The first-order chi connectivity index (χ1) is 12.6. The topological polar surface area (TPSA) is 73.9 Å². The van der Waals surface area contributed by atoms with E-state index in [-0.39, 0.29) is 6.61 Å². The van der Waals surface area contributed by atoms with E-state index in [4.69, 9.17) is 9.26 Å². The summed E-state index contributed by atoms with van der Waals surface area (Å²) in [6.45, 7) is 6.39. The van der Waals surface area contributed by atoms with Crippen molar-refractivity contribution < 1.29 is 9.26 Å². The number of nitrogens with zero attached hydrogens (tertiary/aromatic N) is 4. The van der Waals surface area contributed by atoms with Gasteiger partial charge < -0.3 is 9.26 Å². The van der Waals surface area contributed by atoms with Crippen molar-refractivity contribution in [3.05, 3.63) is 47.7 Å². The number of hydrogen-bond acceptors (Lipinski definition) is 7. The molecule has 3 aromatic rings. The standard InChI is InChI=1S/C19H22N4O2S/c1-5-16-20-15(12(2)3)10-17(21-16)24-11-18-22-19(23-25-18)13-6-8-14(26-4)9-7-13/h6-10,12H,5,11H2,1-4H3. The Balaban J connectivity index is 1.70. The third-order valence-electron chi connectivity index (χ3n) is 3.84. The second-order valence-electron chi connectivity index (χ2n) is 6.08. The molecule has 0 atom stereocenters. The van der Waals surface area contributed by atoms with Crippen LogP contribution >= 0.6 is 11.8 Å². The molecule has 0 fully saturated rings. The lowest BCUT2D eigenvalue weighted by Crippen LogP contribution is -2.04. The molecule has 0 radical (unpaired) electrons. The molecule has 0 saturated carbocycles. The van der Waals surface area contributed by atoms with Gasteiger partial charge in [-0.3, -0.25) is 0 Å². The van der Waals surface area contributed by atoms with Gasteiger partial charge in [0, 0.05) is 22.9 Å². The SMILES string of the molecule is CCc1nc(OCc2nc(-c3ccc(SC)cc3)no2)cc(C(C)C)n1. The zero-order chi connectivity index (χ0) is 18.5. The van der Waals surface area contributed by atoms with Gasteiger partial charge in [0.25, 0.3) is 5.89 Å². The summed E-state index contributed by atoms with van der Waals surface area (Å²) in [5.41, 5.74) is 1.88. The number of ether oxygens (including phenoxy) is 1. The van der Waals surface area contributed by atoms with E-state index in [1.54, 1.807) is 11.8 Å². The molecule has 3 rings (SSSR count). The predicted octanol–water partition coefficient (Wildman–Crippen LogP) is 4.51. The number of aromatic nitrogens is 4. The molecule has 0 bridgehead atoms. The van der Waals surface area contributed by atoms with Crippen LogP contribution in [0.1, 0.15) is 44.1 Å². The van der Waals surface area contributed by atoms with Crippen LogP contribution in [0.4, 0.5) is 0 Å². The quantitative estimate of drug-likeness (QED) is 0.566.